The number of ether oxygens (including phenoxy) is 3. The molecule has 0 heterocycles. The van der Waals surface area contributed by atoms with Gasteiger partial charge < -0.3 is 30.8 Å². The van der Waals surface area contributed by atoms with Crippen molar-refractivity contribution in [1.82, 2.24) is 0 Å². The highest BCUT2D eigenvalue weighted by Gasteiger charge is 2.16. The molecule has 8 nitrogen and oxygen atoms in total. The summed E-state index contributed by atoms with van der Waals surface area (Å²) in [7, 11) is 2.79. The van der Waals surface area contributed by atoms with Crippen LogP contribution in [-0.4, -0.2) is 44.4 Å². The molecule has 0 aromatic heterocycles. The number of carbonyl (C=O) groups is 1. The predicted molar refractivity (Wildman–Crippen MR) is 90.6 cm³/mol. The number of aromatic hydroxyl groups is 1. The number of nitrogens with zero attached hydrogens (tertiary/aromatic N) is 1. The Labute approximate surface area is 141 Å². The molecule has 0 atom stereocenters. The third kappa shape index (κ3) is 6.23. The molecule has 0 unspecified atom stereocenters. The van der Waals surface area contributed by atoms with E-state index in [4.69, 9.17) is 25.7 Å². The average molecular weight is 339 g/mol. The number of phenolic OH excluding ortho intramolecular Hbond substituents is 1. The van der Waals surface area contributed by atoms with Gasteiger partial charge in [-0.05, 0) is 31.4 Å². The molecule has 0 saturated heterocycles. The maximum absolute atomic E-state index is 12.0. The van der Waals surface area contributed by atoms with Crippen LogP contribution in [0.1, 0.15) is 36.0 Å². The minimum Gasteiger partial charge on any atom is -0.502 e. The van der Waals surface area contributed by atoms with Gasteiger partial charge >= 0.3 is 5.97 Å². The molecule has 0 fully saturated rings. The van der Waals surface area contributed by atoms with E-state index in [1.165, 1.54) is 26.4 Å². The van der Waals surface area contributed by atoms with E-state index in [0.717, 1.165) is 25.7 Å². The van der Waals surface area contributed by atoms with Crippen molar-refractivity contribution in [2.75, 3.05) is 27.4 Å². The van der Waals surface area contributed by atoms with E-state index in [1.807, 2.05) is 0 Å². The van der Waals surface area contributed by atoms with Gasteiger partial charge in [0.1, 0.15) is 0 Å². The number of hydrogen-bond donors (Lipinski definition) is 3. The second-order valence-electron chi connectivity index (χ2n) is 5.09. The molecule has 0 aliphatic rings. The fourth-order valence-corrected chi connectivity index (χ4v) is 2.04. The highest BCUT2D eigenvalue weighted by atomic mass is 16.5. The number of unbranched alkanes of at least 4 members (excludes halogenated alkanes) is 3. The first-order valence-electron chi connectivity index (χ1n) is 7.67. The van der Waals surface area contributed by atoms with Crippen LogP contribution < -0.4 is 20.9 Å². The number of esters is 1. The monoisotopic (exact) mass is 339 g/mol. The Morgan fingerprint density at radius 2 is 1.67 bits per heavy atom. The largest absolute Gasteiger partial charge is 0.502 e. The number of methoxy groups -OCH3 is 2. The summed E-state index contributed by atoms with van der Waals surface area (Å²) in [5, 5.41) is 9.82. The van der Waals surface area contributed by atoms with E-state index < -0.39 is 5.97 Å². The number of guanidine groups is 1. The van der Waals surface area contributed by atoms with E-state index in [1.54, 1.807) is 0 Å². The van der Waals surface area contributed by atoms with Crippen LogP contribution >= 0.6 is 0 Å². The van der Waals surface area contributed by atoms with Gasteiger partial charge in [0, 0.05) is 6.54 Å². The zero-order valence-corrected chi connectivity index (χ0v) is 14.1. The normalized spacial score (nSPS) is 10.1. The first-order valence-corrected chi connectivity index (χ1v) is 7.67. The number of hydrogen-bond acceptors (Lipinski definition) is 6. The van der Waals surface area contributed by atoms with E-state index in [2.05, 4.69) is 4.99 Å². The van der Waals surface area contributed by atoms with Crippen molar-refractivity contribution >= 4 is 11.9 Å². The average Bonchev–Trinajstić information content (AvgIpc) is 2.56. The van der Waals surface area contributed by atoms with Crippen molar-refractivity contribution in [3.63, 3.8) is 0 Å². The van der Waals surface area contributed by atoms with Crippen LogP contribution in [0.2, 0.25) is 0 Å². The number of phenols is 1. The van der Waals surface area contributed by atoms with Crippen molar-refractivity contribution in [2.24, 2.45) is 16.5 Å². The van der Waals surface area contributed by atoms with Crippen LogP contribution in [-0.2, 0) is 4.74 Å². The molecule has 134 valence electrons. The van der Waals surface area contributed by atoms with E-state index in [-0.39, 0.29) is 28.8 Å². The van der Waals surface area contributed by atoms with Crippen LogP contribution in [0.5, 0.6) is 17.2 Å². The Bertz CT molecular complexity index is 546. The van der Waals surface area contributed by atoms with Gasteiger partial charge in [-0.3, -0.25) is 4.99 Å². The van der Waals surface area contributed by atoms with Crippen molar-refractivity contribution in [3.8, 4) is 17.2 Å². The van der Waals surface area contributed by atoms with Gasteiger partial charge in [-0.25, -0.2) is 4.79 Å². The lowest BCUT2D eigenvalue weighted by Gasteiger charge is -2.11. The Kier molecular flexibility index (Phi) is 8.24. The quantitative estimate of drug-likeness (QED) is 0.254. The molecule has 0 radical (unpaired) electrons. The fraction of sp³-hybridized carbons (Fsp3) is 0.500. The molecule has 0 aliphatic heterocycles. The maximum Gasteiger partial charge on any atom is 0.338 e. The minimum atomic E-state index is -0.493. The molecule has 1 rings (SSSR count). The van der Waals surface area contributed by atoms with Crippen LogP contribution in [0.15, 0.2) is 17.1 Å². The molecule has 0 aliphatic carbocycles. The Hall–Kier alpha value is -2.64. The van der Waals surface area contributed by atoms with Gasteiger partial charge in [-0.15, -0.1) is 0 Å². The summed E-state index contributed by atoms with van der Waals surface area (Å²) in [5.41, 5.74) is 10.7. The van der Waals surface area contributed by atoms with Crippen LogP contribution in [0.4, 0.5) is 0 Å². The van der Waals surface area contributed by atoms with Crippen LogP contribution in [0, 0.1) is 0 Å². The fourth-order valence-electron chi connectivity index (χ4n) is 2.04. The topological polar surface area (TPSA) is 129 Å². The van der Waals surface area contributed by atoms with Gasteiger partial charge in [0.05, 0.1) is 26.4 Å². The molecule has 24 heavy (non-hydrogen) atoms. The third-order valence-electron chi connectivity index (χ3n) is 3.30. The van der Waals surface area contributed by atoms with Crippen molar-refractivity contribution < 1.29 is 24.1 Å². The SMILES string of the molecule is COc1cc(C(=O)OCCCCCCN=C(N)N)cc(OC)c1O. The molecular formula is C16H25N3O5. The van der Waals surface area contributed by atoms with Gasteiger partial charge in [0.25, 0.3) is 0 Å². The molecule has 0 bridgehead atoms. The first kappa shape index (κ1) is 19.4. The van der Waals surface area contributed by atoms with E-state index in [0.29, 0.717) is 13.2 Å². The highest BCUT2D eigenvalue weighted by Crippen LogP contribution is 2.37. The second kappa shape index (κ2) is 10.2. The predicted octanol–water partition coefficient (Wildman–Crippen LogP) is 1.40. The Morgan fingerprint density at radius 3 is 2.21 bits per heavy atom. The number of nitrogens with two attached hydrogens (primary N) is 2. The summed E-state index contributed by atoms with van der Waals surface area (Å²) in [6, 6.07) is 2.82. The molecule has 0 amide bonds. The zero-order valence-electron chi connectivity index (χ0n) is 14.1. The third-order valence-corrected chi connectivity index (χ3v) is 3.30. The summed E-state index contributed by atoms with van der Waals surface area (Å²) in [5.74, 6) is -0.241. The van der Waals surface area contributed by atoms with Crippen LogP contribution in [0.25, 0.3) is 0 Å². The molecule has 8 heteroatoms. The number of rotatable bonds is 10. The van der Waals surface area contributed by atoms with Gasteiger partial charge in [0.15, 0.2) is 17.5 Å². The Morgan fingerprint density at radius 1 is 1.08 bits per heavy atom. The number of aliphatic imine (C=N–C) groups is 1. The molecule has 5 N–H and O–H groups in total. The molecular weight excluding hydrogens is 314 g/mol. The highest BCUT2D eigenvalue weighted by molar-refractivity contribution is 5.91. The van der Waals surface area contributed by atoms with Crippen molar-refractivity contribution in [2.45, 2.75) is 25.7 Å². The van der Waals surface area contributed by atoms with Crippen LogP contribution in [0.3, 0.4) is 0 Å². The first-order chi connectivity index (χ1) is 11.5. The number of benzene rings is 1. The lowest BCUT2D eigenvalue weighted by atomic mass is 10.2. The summed E-state index contributed by atoms with van der Waals surface area (Å²) >= 11 is 0. The van der Waals surface area contributed by atoms with Gasteiger partial charge in [0.2, 0.25) is 5.75 Å². The van der Waals surface area contributed by atoms with Crippen molar-refractivity contribution in [3.05, 3.63) is 17.7 Å². The smallest absolute Gasteiger partial charge is 0.338 e. The van der Waals surface area contributed by atoms with Gasteiger partial charge in [-0.1, -0.05) is 6.42 Å². The molecule has 0 saturated carbocycles. The van der Waals surface area contributed by atoms with E-state index >= 15 is 0 Å². The summed E-state index contributed by atoms with van der Waals surface area (Å²) < 4.78 is 15.2. The zero-order chi connectivity index (χ0) is 17.9. The molecule has 1 aromatic carbocycles. The Balaban J connectivity index is 2.39. The lowest BCUT2D eigenvalue weighted by molar-refractivity contribution is 0.0497. The second-order valence-corrected chi connectivity index (χ2v) is 5.09. The summed E-state index contributed by atoms with van der Waals surface area (Å²) in [6.45, 7) is 0.919. The minimum absolute atomic E-state index is 0.101. The van der Waals surface area contributed by atoms with E-state index in [9.17, 15) is 9.90 Å². The lowest BCUT2D eigenvalue weighted by Crippen LogP contribution is -2.22. The summed E-state index contributed by atoms with van der Waals surface area (Å²) in [6.07, 6.45) is 3.50. The number of carbonyl (C=O) groups excluding carboxylic acids is 1. The summed E-state index contributed by atoms with van der Waals surface area (Å²) in [4.78, 5) is 15.9. The van der Waals surface area contributed by atoms with Crippen molar-refractivity contribution in [1.29, 1.82) is 0 Å². The molecule has 0 spiro atoms. The maximum atomic E-state index is 12.0. The molecule has 1 aromatic rings. The van der Waals surface area contributed by atoms with Gasteiger partial charge in [-0.2, -0.15) is 0 Å². The standard InChI is InChI=1S/C16H25N3O5/c1-22-12-9-11(10-13(23-2)14(12)20)15(21)24-8-6-4-3-5-7-19-16(17)18/h9-10,20H,3-8H2,1-2H3,(H4,17,18,19).